The monoisotopic (exact) mass is 352 g/mol. The van der Waals surface area contributed by atoms with Crippen molar-refractivity contribution < 1.29 is 4.74 Å². The molecule has 0 amide bonds. The maximum atomic E-state index is 5.34. The normalized spacial score (nSPS) is 20.1. The molecule has 0 radical (unpaired) electrons. The fourth-order valence-corrected chi connectivity index (χ4v) is 5.10. The second kappa shape index (κ2) is 7.12. The molecule has 1 spiro atoms. The van der Waals surface area contributed by atoms with Crippen molar-refractivity contribution in [1.82, 2.24) is 0 Å². The van der Waals surface area contributed by atoms with E-state index in [1.54, 1.807) is 7.11 Å². The molecular weight excluding hydrogens is 328 g/mol. The third kappa shape index (κ3) is 3.40. The van der Waals surface area contributed by atoms with Gasteiger partial charge in [0.15, 0.2) is 0 Å². The van der Waals surface area contributed by atoms with E-state index >= 15 is 0 Å². The third-order valence-electron chi connectivity index (χ3n) is 5.31. The zero-order valence-electron chi connectivity index (χ0n) is 14.6. The van der Waals surface area contributed by atoms with Crippen LogP contribution in [0.1, 0.15) is 24.0 Å². The first-order valence-corrected chi connectivity index (χ1v) is 10.1. The lowest BCUT2D eigenvalue weighted by Gasteiger charge is -2.42. The number of nitrogens with zero attached hydrogens (tertiary/aromatic N) is 1. The lowest BCUT2D eigenvalue weighted by Crippen LogP contribution is -2.44. The van der Waals surface area contributed by atoms with E-state index in [0.29, 0.717) is 6.54 Å². The predicted octanol–water partition coefficient (Wildman–Crippen LogP) is 4.78. The van der Waals surface area contributed by atoms with E-state index in [2.05, 4.69) is 53.5 Å². The number of anilines is 1. The van der Waals surface area contributed by atoms with Gasteiger partial charge in [0.05, 0.1) is 13.7 Å². The lowest BCUT2D eigenvalue weighted by atomic mass is 9.73. The van der Waals surface area contributed by atoms with Crippen molar-refractivity contribution in [2.24, 2.45) is 10.4 Å². The molecule has 2 aliphatic heterocycles. The molecule has 4 heteroatoms. The molecule has 0 aliphatic carbocycles. The largest absolute Gasteiger partial charge is 0.497 e. The fourth-order valence-electron chi connectivity index (χ4n) is 3.83. The summed E-state index contributed by atoms with van der Waals surface area (Å²) in [6, 6.07) is 16.9. The molecule has 0 unspecified atom stereocenters. The minimum Gasteiger partial charge on any atom is -0.497 e. The number of amidine groups is 1. The molecule has 4 rings (SSSR count). The summed E-state index contributed by atoms with van der Waals surface area (Å²) in [6.45, 7) is 0.691. The number of ether oxygens (including phenoxy) is 1. The van der Waals surface area contributed by atoms with Gasteiger partial charge in [-0.2, -0.15) is 11.8 Å². The number of hydrogen-bond acceptors (Lipinski definition) is 3. The molecule has 130 valence electrons. The predicted molar refractivity (Wildman–Crippen MR) is 107 cm³/mol. The standard InChI is InChI=1S/C21H24N2OS/c1-24-18-7-4-5-16(13-18)15-22-20-21(9-11-25-12-10-21)14-17-6-2-3-8-19(17)23-20/h2-8,13H,9-12,14-15H2,1H3,(H,22,23). The summed E-state index contributed by atoms with van der Waals surface area (Å²) >= 11 is 2.07. The second-order valence-corrected chi connectivity index (χ2v) is 8.09. The molecule has 25 heavy (non-hydrogen) atoms. The van der Waals surface area contributed by atoms with Crippen LogP contribution >= 0.6 is 11.8 Å². The SMILES string of the molecule is COc1cccc(CN=C2Nc3ccccc3CC23CCSCC3)c1. The van der Waals surface area contributed by atoms with Gasteiger partial charge in [-0.25, -0.2) is 0 Å². The van der Waals surface area contributed by atoms with Gasteiger partial charge in [-0.3, -0.25) is 4.99 Å². The smallest absolute Gasteiger partial charge is 0.119 e. The molecule has 0 aromatic heterocycles. The van der Waals surface area contributed by atoms with Crippen LogP contribution in [-0.4, -0.2) is 24.5 Å². The molecule has 0 atom stereocenters. The van der Waals surface area contributed by atoms with E-state index in [0.717, 1.165) is 12.2 Å². The summed E-state index contributed by atoms with van der Waals surface area (Å²) in [5, 5.41) is 3.67. The van der Waals surface area contributed by atoms with E-state index in [4.69, 9.17) is 9.73 Å². The minimum absolute atomic E-state index is 0.179. The summed E-state index contributed by atoms with van der Waals surface area (Å²) in [5.74, 6) is 4.52. The Kier molecular flexibility index (Phi) is 4.71. The Morgan fingerprint density at radius 1 is 1.12 bits per heavy atom. The molecule has 0 saturated carbocycles. The highest BCUT2D eigenvalue weighted by molar-refractivity contribution is 7.99. The Balaban J connectivity index is 1.65. The number of para-hydroxylation sites is 1. The average Bonchev–Trinajstić information content (AvgIpc) is 2.67. The topological polar surface area (TPSA) is 33.6 Å². The van der Waals surface area contributed by atoms with Gasteiger partial charge in [0.2, 0.25) is 0 Å². The van der Waals surface area contributed by atoms with Crippen LogP contribution in [-0.2, 0) is 13.0 Å². The van der Waals surface area contributed by atoms with E-state index < -0.39 is 0 Å². The quantitative estimate of drug-likeness (QED) is 0.863. The van der Waals surface area contributed by atoms with Crippen molar-refractivity contribution in [2.75, 3.05) is 23.9 Å². The molecule has 1 fully saturated rings. The first-order chi connectivity index (χ1) is 12.3. The summed E-state index contributed by atoms with van der Waals surface area (Å²) in [5.41, 5.74) is 4.01. The molecule has 0 bridgehead atoms. The van der Waals surface area contributed by atoms with Crippen molar-refractivity contribution in [3.63, 3.8) is 0 Å². The summed E-state index contributed by atoms with van der Waals surface area (Å²) in [4.78, 5) is 5.05. The maximum Gasteiger partial charge on any atom is 0.119 e. The molecule has 2 aliphatic rings. The van der Waals surface area contributed by atoms with Gasteiger partial charge in [0.25, 0.3) is 0 Å². The number of nitrogens with one attached hydrogen (secondary N) is 1. The Bertz CT molecular complexity index is 781. The first kappa shape index (κ1) is 16.5. The maximum absolute atomic E-state index is 5.34. The third-order valence-corrected chi connectivity index (χ3v) is 6.29. The number of hydrogen-bond donors (Lipinski definition) is 1. The van der Waals surface area contributed by atoms with Crippen molar-refractivity contribution >= 4 is 23.3 Å². The number of methoxy groups -OCH3 is 1. The molecule has 1 N–H and O–H groups in total. The van der Waals surface area contributed by atoms with Crippen molar-refractivity contribution in [3.8, 4) is 5.75 Å². The number of benzene rings is 2. The average molecular weight is 353 g/mol. The zero-order valence-corrected chi connectivity index (χ0v) is 15.4. The van der Waals surface area contributed by atoms with Crippen LogP contribution in [0.2, 0.25) is 0 Å². The molecule has 1 saturated heterocycles. The van der Waals surface area contributed by atoms with Crippen molar-refractivity contribution in [1.29, 1.82) is 0 Å². The number of fused-ring (bicyclic) bond motifs is 1. The van der Waals surface area contributed by atoms with Crippen LogP contribution in [0.3, 0.4) is 0 Å². The highest BCUT2D eigenvalue weighted by atomic mass is 32.2. The summed E-state index contributed by atoms with van der Waals surface area (Å²) < 4.78 is 5.34. The van der Waals surface area contributed by atoms with E-state index in [1.807, 2.05) is 12.1 Å². The van der Waals surface area contributed by atoms with Crippen LogP contribution < -0.4 is 10.1 Å². The van der Waals surface area contributed by atoms with Gasteiger partial charge in [-0.15, -0.1) is 0 Å². The molecular formula is C21H24N2OS. The Hall–Kier alpha value is -1.94. The lowest BCUT2D eigenvalue weighted by molar-refractivity contribution is 0.377. The van der Waals surface area contributed by atoms with E-state index in [9.17, 15) is 0 Å². The number of thioether (sulfide) groups is 1. The molecule has 2 aromatic carbocycles. The van der Waals surface area contributed by atoms with Gasteiger partial charge in [0.1, 0.15) is 11.6 Å². The molecule has 2 aromatic rings. The van der Waals surface area contributed by atoms with Gasteiger partial charge in [-0.1, -0.05) is 30.3 Å². The van der Waals surface area contributed by atoms with Gasteiger partial charge < -0.3 is 10.1 Å². The van der Waals surface area contributed by atoms with Crippen LogP contribution in [0.5, 0.6) is 5.75 Å². The Morgan fingerprint density at radius 2 is 1.96 bits per heavy atom. The van der Waals surface area contributed by atoms with Crippen LogP contribution in [0, 0.1) is 5.41 Å². The van der Waals surface area contributed by atoms with E-state index in [1.165, 1.54) is 47.0 Å². The number of aliphatic imine (C=N–C) groups is 1. The highest BCUT2D eigenvalue weighted by Crippen LogP contribution is 2.44. The highest BCUT2D eigenvalue weighted by Gasteiger charge is 2.41. The van der Waals surface area contributed by atoms with Crippen molar-refractivity contribution in [3.05, 3.63) is 59.7 Å². The van der Waals surface area contributed by atoms with Crippen LogP contribution in [0.4, 0.5) is 5.69 Å². The van der Waals surface area contributed by atoms with Crippen molar-refractivity contribution in [2.45, 2.75) is 25.8 Å². The number of rotatable bonds is 3. The van der Waals surface area contributed by atoms with Gasteiger partial charge >= 0.3 is 0 Å². The molecule has 3 nitrogen and oxygen atoms in total. The van der Waals surface area contributed by atoms with Crippen LogP contribution in [0.25, 0.3) is 0 Å². The first-order valence-electron chi connectivity index (χ1n) is 8.90. The Morgan fingerprint density at radius 3 is 2.80 bits per heavy atom. The summed E-state index contributed by atoms with van der Waals surface area (Å²) in [7, 11) is 1.71. The molecule has 2 heterocycles. The van der Waals surface area contributed by atoms with Gasteiger partial charge in [-0.05, 0) is 60.1 Å². The fraction of sp³-hybridized carbons (Fsp3) is 0.381. The zero-order chi connectivity index (χ0) is 17.1. The van der Waals surface area contributed by atoms with Gasteiger partial charge in [0, 0.05) is 11.1 Å². The van der Waals surface area contributed by atoms with Crippen LogP contribution in [0.15, 0.2) is 53.5 Å². The van der Waals surface area contributed by atoms with E-state index in [-0.39, 0.29) is 5.41 Å². The second-order valence-electron chi connectivity index (χ2n) is 6.87. The minimum atomic E-state index is 0.179. The Labute approximate surface area is 153 Å². The summed E-state index contributed by atoms with van der Waals surface area (Å²) in [6.07, 6.45) is 3.51.